The van der Waals surface area contributed by atoms with E-state index in [4.69, 9.17) is 11.6 Å². The second-order valence-corrected chi connectivity index (χ2v) is 7.52. The number of hydrogen-bond donors (Lipinski definition) is 0. The molecule has 1 aliphatic rings. The molecule has 4 rings (SSSR count). The predicted octanol–water partition coefficient (Wildman–Crippen LogP) is 3.27. The van der Waals surface area contributed by atoms with E-state index in [1.54, 1.807) is 46.6 Å². The number of amides is 1. The molecule has 0 atom stereocenters. The number of pyridine rings is 1. The van der Waals surface area contributed by atoms with Crippen molar-refractivity contribution in [2.24, 2.45) is 4.99 Å². The molecular formula is C18H14ClN5O3S. The summed E-state index contributed by atoms with van der Waals surface area (Å²) < 4.78 is 1.91. The molecule has 1 amide bonds. The van der Waals surface area contributed by atoms with Crippen molar-refractivity contribution in [3.8, 4) is 0 Å². The Morgan fingerprint density at radius 1 is 1.25 bits per heavy atom. The lowest BCUT2D eigenvalue weighted by atomic mass is 10.2. The van der Waals surface area contributed by atoms with E-state index in [1.807, 2.05) is 11.0 Å². The van der Waals surface area contributed by atoms with Crippen LogP contribution in [0.15, 0.2) is 53.7 Å². The quantitative estimate of drug-likeness (QED) is 0.370. The number of hydrogen-bond acceptors (Lipinski definition) is 6. The van der Waals surface area contributed by atoms with E-state index in [1.165, 1.54) is 0 Å². The summed E-state index contributed by atoms with van der Waals surface area (Å²) in [5, 5.41) is 12.2. The van der Waals surface area contributed by atoms with E-state index in [9.17, 15) is 14.9 Å². The van der Waals surface area contributed by atoms with Crippen LogP contribution in [0.1, 0.15) is 15.9 Å². The molecule has 0 bridgehead atoms. The van der Waals surface area contributed by atoms with Gasteiger partial charge in [0.2, 0.25) is 10.5 Å². The van der Waals surface area contributed by atoms with E-state index in [0.29, 0.717) is 36.2 Å². The van der Waals surface area contributed by atoms with E-state index in [-0.39, 0.29) is 10.4 Å². The number of benzene rings is 1. The van der Waals surface area contributed by atoms with Crippen molar-refractivity contribution in [3.05, 3.63) is 79.7 Å². The summed E-state index contributed by atoms with van der Waals surface area (Å²) in [4.78, 5) is 33.7. The maximum Gasteiger partial charge on any atom is 0.347 e. The molecule has 0 fully saturated rings. The van der Waals surface area contributed by atoms with Gasteiger partial charge in [0.05, 0.1) is 11.5 Å². The van der Waals surface area contributed by atoms with Crippen LogP contribution in [0.4, 0.5) is 11.5 Å². The van der Waals surface area contributed by atoms with Gasteiger partial charge in [-0.3, -0.25) is 18.9 Å². The van der Waals surface area contributed by atoms with Crippen LogP contribution < -0.4 is 9.57 Å². The topological polar surface area (TPSA) is 93.6 Å². The van der Waals surface area contributed by atoms with Gasteiger partial charge in [-0.25, -0.2) is 4.98 Å². The van der Waals surface area contributed by atoms with Crippen LogP contribution in [-0.2, 0) is 13.1 Å². The van der Waals surface area contributed by atoms with Gasteiger partial charge in [-0.2, -0.15) is 4.99 Å². The van der Waals surface area contributed by atoms with Crippen LogP contribution in [0.25, 0.3) is 0 Å². The van der Waals surface area contributed by atoms with Crippen molar-refractivity contribution in [2.45, 2.75) is 13.1 Å². The van der Waals surface area contributed by atoms with Gasteiger partial charge in [-0.1, -0.05) is 35.9 Å². The third kappa shape index (κ3) is 3.54. The molecule has 28 heavy (non-hydrogen) atoms. The van der Waals surface area contributed by atoms with E-state index in [2.05, 4.69) is 9.98 Å². The summed E-state index contributed by atoms with van der Waals surface area (Å²) in [7, 11) is 0. The SMILES string of the molecule is O=C(N=c1sn2c(c1[N+](=O)[O-])N(Cc1ccc(Cl)nc1)CC2)c1ccccc1. The van der Waals surface area contributed by atoms with Gasteiger partial charge in [0, 0.05) is 24.8 Å². The Balaban J connectivity index is 1.72. The van der Waals surface area contributed by atoms with Crippen molar-refractivity contribution >= 4 is 40.5 Å². The number of nitrogens with zero attached hydrogens (tertiary/aromatic N) is 5. The fraction of sp³-hybridized carbons (Fsp3) is 0.167. The predicted molar refractivity (Wildman–Crippen MR) is 106 cm³/mol. The van der Waals surface area contributed by atoms with Gasteiger partial charge in [0.1, 0.15) is 5.15 Å². The normalized spacial score (nSPS) is 13.6. The summed E-state index contributed by atoms with van der Waals surface area (Å²) in [6.45, 7) is 1.67. The standard InChI is InChI=1S/C18H14ClN5O3S/c19-14-7-6-12(10-20-14)11-22-8-9-23-18(22)15(24(26)27)17(28-23)21-16(25)13-4-2-1-3-5-13/h1-7,10H,8-9,11H2. The Kier molecular flexibility index (Phi) is 4.93. The van der Waals surface area contributed by atoms with E-state index >= 15 is 0 Å². The minimum atomic E-state index is -0.502. The van der Waals surface area contributed by atoms with Crippen LogP contribution >= 0.6 is 23.1 Å². The number of rotatable bonds is 4. The smallest absolute Gasteiger partial charge is 0.345 e. The Labute approximate surface area is 168 Å². The highest BCUT2D eigenvalue weighted by Gasteiger charge is 2.33. The molecule has 3 aromatic rings. The average Bonchev–Trinajstić information content (AvgIpc) is 3.23. The number of carbonyl (C=O) groups is 1. The zero-order valence-electron chi connectivity index (χ0n) is 14.5. The summed E-state index contributed by atoms with van der Waals surface area (Å²) in [5.74, 6) is -0.0396. The van der Waals surface area contributed by atoms with Crippen LogP contribution in [0.2, 0.25) is 5.15 Å². The maximum atomic E-state index is 12.4. The fourth-order valence-electron chi connectivity index (χ4n) is 3.03. The van der Waals surface area contributed by atoms with E-state index in [0.717, 1.165) is 17.1 Å². The molecule has 8 nitrogen and oxygen atoms in total. The molecule has 142 valence electrons. The lowest BCUT2D eigenvalue weighted by molar-refractivity contribution is -0.385. The van der Waals surface area contributed by atoms with Gasteiger partial charge >= 0.3 is 5.69 Å². The molecule has 0 unspecified atom stereocenters. The fourth-order valence-corrected chi connectivity index (χ4v) is 4.18. The number of anilines is 1. The van der Waals surface area contributed by atoms with Crippen molar-refractivity contribution < 1.29 is 9.72 Å². The first-order chi connectivity index (χ1) is 13.5. The molecular weight excluding hydrogens is 402 g/mol. The number of carbonyl (C=O) groups excluding carboxylic acids is 1. The molecule has 10 heteroatoms. The van der Waals surface area contributed by atoms with Gasteiger partial charge in [-0.15, -0.1) is 0 Å². The Hall–Kier alpha value is -3.04. The number of halogens is 1. The van der Waals surface area contributed by atoms with Gasteiger partial charge < -0.3 is 4.90 Å². The number of fused-ring (bicyclic) bond motifs is 1. The molecule has 0 N–H and O–H groups in total. The third-order valence-corrected chi connectivity index (χ3v) is 5.55. The molecule has 0 spiro atoms. The van der Waals surface area contributed by atoms with Crippen LogP contribution in [-0.4, -0.2) is 26.3 Å². The second-order valence-electron chi connectivity index (χ2n) is 6.12. The largest absolute Gasteiger partial charge is 0.347 e. The summed E-state index contributed by atoms with van der Waals surface area (Å²) >= 11 is 6.94. The zero-order valence-corrected chi connectivity index (χ0v) is 16.1. The molecule has 0 radical (unpaired) electrons. The maximum absolute atomic E-state index is 12.4. The van der Waals surface area contributed by atoms with Crippen LogP contribution in [0, 0.1) is 10.1 Å². The highest BCUT2D eigenvalue weighted by atomic mass is 35.5. The Bertz CT molecular complexity index is 1110. The van der Waals surface area contributed by atoms with Crippen molar-refractivity contribution in [1.29, 1.82) is 0 Å². The minimum absolute atomic E-state index is 0.104. The summed E-state index contributed by atoms with van der Waals surface area (Å²) in [5.41, 5.74) is 1.13. The average molecular weight is 416 g/mol. The first kappa shape index (κ1) is 18.3. The lowest BCUT2D eigenvalue weighted by Crippen LogP contribution is -2.22. The Morgan fingerprint density at radius 3 is 2.71 bits per heavy atom. The monoisotopic (exact) mass is 415 g/mol. The van der Waals surface area contributed by atoms with Gasteiger partial charge in [0.15, 0.2) is 0 Å². The third-order valence-electron chi connectivity index (χ3n) is 4.29. The lowest BCUT2D eigenvalue weighted by Gasteiger charge is -2.16. The molecule has 3 heterocycles. The van der Waals surface area contributed by atoms with Crippen molar-refractivity contribution in [3.63, 3.8) is 0 Å². The first-order valence-electron chi connectivity index (χ1n) is 8.41. The second kappa shape index (κ2) is 7.53. The zero-order chi connectivity index (χ0) is 19.7. The molecule has 2 aromatic heterocycles. The Morgan fingerprint density at radius 2 is 2.04 bits per heavy atom. The van der Waals surface area contributed by atoms with Crippen LogP contribution in [0.5, 0.6) is 0 Å². The van der Waals surface area contributed by atoms with Crippen LogP contribution in [0.3, 0.4) is 0 Å². The minimum Gasteiger partial charge on any atom is -0.345 e. The molecule has 0 saturated carbocycles. The van der Waals surface area contributed by atoms with E-state index < -0.39 is 10.8 Å². The first-order valence-corrected chi connectivity index (χ1v) is 9.56. The van der Waals surface area contributed by atoms with Gasteiger partial charge in [0.25, 0.3) is 5.91 Å². The highest BCUT2D eigenvalue weighted by Crippen LogP contribution is 2.33. The van der Waals surface area contributed by atoms with Gasteiger partial charge in [-0.05, 0) is 35.3 Å². The molecule has 0 aliphatic carbocycles. The molecule has 0 saturated heterocycles. The molecule has 1 aliphatic heterocycles. The molecule has 1 aromatic carbocycles. The number of aromatic nitrogens is 2. The van der Waals surface area contributed by atoms with Crippen molar-refractivity contribution in [1.82, 2.24) is 8.94 Å². The van der Waals surface area contributed by atoms with Crippen molar-refractivity contribution in [2.75, 3.05) is 11.4 Å². The number of nitro groups is 1. The highest BCUT2D eigenvalue weighted by molar-refractivity contribution is 7.04. The summed E-state index contributed by atoms with van der Waals surface area (Å²) in [6.07, 6.45) is 1.65. The summed E-state index contributed by atoms with van der Waals surface area (Å²) in [6, 6.07) is 12.0.